The highest BCUT2D eigenvalue weighted by atomic mass is 16.5. The van der Waals surface area contributed by atoms with E-state index in [9.17, 15) is 14.4 Å². The largest absolute Gasteiger partial charge is 0.465 e. The van der Waals surface area contributed by atoms with E-state index in [1.807, 2.05) is 0 Å². The third-order valence-corrected chi connectivity index (χ3v) is 2.84. The first-order valence-electron chi connectivity index (χ1n) is 6.80. The summed E-state index contributed by atoms with van der Waals surface area (Å²) in [5, 5.41) is 2.67. The van der Waals surface area contributed by atoms with Crippen LogP contribution < -0.4 is 5.32 Å². The van der Waals surface area contributed by atoms with Crippen LogP contribution in [0.5, 0.6) is 0 Å². The number of esters is 1. The van der Waals surface area contributed by atoms with Crippen LogP contribution in [0.1, 0.15) is 31.1 Å². The number of likely N-dealkylation sites (N-methyl/N-ethyl adjacent to an activating group) is 1. The van der Waals surface area contributed by atoms with Crippen LogP contribution >= 0.6 is 0 Å². The Morgan fingerprint density at radius 1 is 1.14 bits per heavy atom. The number of nitrogens with one attached hydrogen (secondary N) is 1. The van der Waals surface area contributed by atoms with Gasteiger partial charge >= 0.3 is 12.0 Å². The van der Waals surface area contributed by atoms with E-state index < -0.39 is 5.97 Å². The van der Waals surface area contributed by atoms with Crippen molar-refractivity contribution in [3.05, 3.63) is 29.8 Å². The van der Waals surface area contributed by atoms with Gasteiger partial charge in [-0.2, -0.15) is 0 Å². The summed E-state index contributed by atoms with van der Waals surface area (Å²) in [5.74, 6) is -0.480. The van der Waals surface area contributed by atoms with Crippen LogP contribution in [0.2, 0.25) is 0 Å². The first kappa shape index (κ1) is 16.7. The highest BCUT2D eigenvalue weighted by Gasteiger charge is 2.16. The van der Waals surface area contributed by atoms with Crippen molar-refractivity contribution in [1.29, 1.82) is 0 Å². The molecule has 0 radical (unpaired) electrons. The van der Waals surface area contributed by atoms with Crippen LogP contribution in [0.25, 0.3) is 0 Å². The van der Waals surface area contributed by atoms with Crippen molar-refractivity contribution in [3.63, 3.8) is 0 Å². The Kier molecular flexibility index (Phi) is 6.39. The van der Waals surface area contributed by atoms with Gasteiger partial charge < -0.3 is 15.0 Å². The van der Waals surface area contributed by atoms with Crippen molar-refractivity contribution in [1.82, 2.24) is 4.90 Å². The lowest BCUT2D eigenvalue weighted by atomic mass is 10.1. The van der Waals surface area contributed by atoms with E-state index in [-0.39, 0.29) is 25.0 Å². The summed E-state index contributed by atoms with van der Waals surface area (Å²) in [7, 11) is 0. The van der Waals surface area contributed by atoms with Gasteiger partial charge in [0.05, 0.1) is 6.61 Å². The Morgan fingerprint density at radius 2 is 1.76 bits per heavy atom. The second-order valence-corrected chi connectivity index (χ2v) is 4.38. The number of carbonyl (C=O) groups is 3. The van der Waals surface area contributed by atoms with E-state index in [2.05, 4.69) is 5.32 Å². The number of hydrogen-bond donors (Lipinski definition) is 1. The standard InChI is InChI=1S/C15H20N2O4/c1-4-17(10-14(19)21-5-2)15(20)16-13-8-6-12(7-9-13)11(3)18/h6-9H,4-5,10H2,1-3H3,(H,16,20). The molecule has 0 fully saturated rings. The van der Waals surface area contributed by atoms with Crippen LogP contribution in [0, 0.1) is 0 Å². The van der Waals surface area contributed by atoms with Gasteiger partial charge in [-0.05, 0) is 45.0 Å². The minimum Gasteiger partial charge on any atom is -0.465 e. The van der Waals surface area contributed by atoms with E-state index in [1.165, 1.54) is 11.8 Å². The fraction of sp³-hybridized carbons (Fsp3) is 0.400. The number of carbonyl (C=O) groups excluding carboxylic acids is 3. The number of hydrogen-bond acceptors (Lipinski definition) is 4. The normalized spacial score (nSPS) is 9.86. The van der Waals surface area contributed by atoms with Crippen LogP contribution in [0.15, 0.2) is 24.3 Å². The summed E-state index contributed by atoms with van der Waals surface area (Å²) >= 11 is 0. The van der Waals surface area contributed by atoms with E-state index >= 15 is 0 Å². The molecule has 0 saturated heterocycles. The fourth-order valence-corrected chi connectivity index (χ4v) is 1.68. The van der Waals surface area contributed by atoms with Gasteiger partial charge in [0.25, 0.3) is 0 Å². The van der Waals surface area contributed by atoms with Gasteiger partial charge in [0.2, 0.25) is 0 Å². The molecule has 0 saturated carbocycles. The van der Waals surface area contributed by atoms with Gasteiger partial charge in [-0.15, -0.1) is 0 Å². The smallest absolute Gasteiger partial charge is 0.325 e. The molecule has 1 rings (SSSR count). The third kappa shape index (κ3) is 5.25. The van der Waals surface area contributed by atoms with E-state index in [0.29, 0.717) is 17.8 Å². The molecule has 0 bridgehead atoms. The molecule has 6 heteroatoms. The lowest BCUT2D eigenvalue weighted by Crippen LogP contribution is -2.39. The number of ether oxygens (including phenoxy) is 1. The predicted molar refractivity (Wildman–Crippen MR) is 79.3 cm³/mol. The van der Waals surface area contributed by atoms with Crippen molar-refractivity contribution in [2.45, 2.75) is 20.8 Å². The van der Waals surface area contributed by atoms with E-state index in [0.717, 1.165) is 0 Å². The maximum absolute atomic E-state index is 12.0. The lowest BCUT2D eigenvalue weighted by Gasteiger charge is -2.20. The summed E-state index contributed by atoms with van der Waals surface area (Å²) in [6, 6.07) is 6.18. The van der Waals surface area contributed by atoms with Gasteiger partial charge in [0.1, 0.15) is 6.54 Å². The average molecular weight is 292 g/mol. The molecule has 2 amide bonds. The summed E-state index contributed by atoms with van der Waals surface area (Å²) in [4.78, 5) is 36.0. The zero-order chi connectivity index (χ0) is 15.8. The molecule has 1 aromatic rings. The molecule has 0 aliphatic carbocycles. The molecule has 114 valence electrons. The first-order chi connectivity index (χ1) is 9.97. The summed E-state index contributed by atoms with van der Waals surface area (Å²) in [5.41, 5.74) is 1.14. The number of nitrogens with zero attached hydrogens (tertiary/aromatic N) is 1. The number of ketones is 1. The average Bonchev–Trinajstić information content (AvgIpc) is 2.45. The van der Waals surface area contributed by atoms with Crippen molar-refractivity contribution in [2.24, 2.45) is 0 Å². The fourth-order valence-electron chi connectivity index (χ4n) is 1.68. The molecule has 0 spiro atoms. The van der Waals surface area contributed by atoms with Crippen LogP contribution in [-0.2, 0) is 9.53 Å². The van der Waals surface area contributed by atoms with Gasteiger partial charge in [-0.3, -0.25) is 9.59 Å². The van der Waals surface area contributed by atoms with Crippen LogP contribution in [0.3, 0.4) is 0 Å². The van der Waals surface area contributed by atoms with E-state index in [1.54, 1.807) is 38.1 Å². The Bertz CT molecular complexity index is 511. The van der Waals surface area contributed by atoms with Crippen molar-refractivity contribution >= 4 is 23.5 Å². The summed E-state index contributed by atoms with van der Waals surface area (Å²) < 4.78 is 4.82. The number of amides is 2. The van der Waals surface area contributed by atoms with Crippen molar-refractivity contribution in [2.75, 3.05) is 25.0 Å². The monoisotopic (exact) mass is 292 g/mol. The number of benzene rings is 1. The van der Waals surface area contributed by atoms with E-state index in [4.69, 9.17) is 4.74 Å². The molecule has 0 aliphatic rings. The molecular formula is C15H20N2O4. The molecule has 6 nitrogen and oxygen atoms in total. The summed E-state index contributed by atoms with van der Waals surface area (Å²) in [6.45, 7) is 5.54. The summed E-state index contributed by atoms with van der Waals surface area (Å²) in [6.07, 6.45) is 0. The zero-order valence-corrected chi connectivity index (χ0v) is 12.5. The predicted octanol–water partition coefficient (Wildman–Crippen LogP) is 2.31. The lowest BCUT2D eigenvalue weighted by molar-refractivity contribution is -0.143. The molecule has 1 N–H and O–H groups in total. The Morgan fingerprint density at radius 3 is 2.24 bits per heavy atom. The second-order valence-electron chi connectivity index (χ2n) is 4.38. The third-order valence-electron chi connectivity index (χ3n) is 2.84. The SMILES string of the molecule is CCOC(=O)CN(CC)C(=O)Nc1ccc(C(C)=O)cc1. The topological polar surface area (TPSA) is 75.7 Å². The quantitative estimate of drug-likeness (QED) is 0.645. The van der Waals surface area contributed by atoms with Crippen molar-refractivity contribution in [3.8, 4) is 0 Å². The van der Waals surface area contributed by atoms with Gasteiger partial charge in [-0.1, -0.05) is 0 Å². The molecule has 0 aliphatic heterocycles. The minimum atomic E-state index is -0.443. The molecular weight excluding hydrogens is 272 g/mol. The number of Topliss-reactive ketones (excluding diaryl/α,β-unsaturated/α-hetero) is 1. The Balaban J connectivity index is 2.65. The van der Waals surface area contributed by atoms with Gasteiger partial charge in [0, 0.05) is 17.8 Å². The van der Waals surface area contributed by atoms with Crippen LogP contribution in [-0.4, -0.2) is 42.4 Å². The van der Waals surface area contributed by atoms with Crippen LogP contribution in [0.4, 0.5) is 10.5 Å². The second kappa shape index (κ2) is 8.04. The molecule has 0 aromatic heterocycles. The van der Waals surface area contributed by atoms with Crippen molar-refractivity contribution < 1.29 is 19.1 Å². The Hall–Kier alpha value is -2.37. The molecule has 0 atom stereocenters. The maximum atomic E-state index is 12.0. The maximum Gasteiger partial charge on any atom is 0.325 e. The number of anilines is 1. The number of urea groups is 1. The Labute approximate surface area is 124 Å². The minimum absolute atomic E-state index is 0.0367. The highest BCUT2D eigenvalue weighted by Crippen LogP contribution is 2.11. The van der Waals surface area contributed by atoms with Gasteiger partial charge in [-0.25, -0.2) is 4.79 Å². The molecule has 21 heavy (non-hydrogen) atoms. The first-order valence-corrected chi connectivity index (χ1v) is 6.80. The van der Waals surface area contributed by atoms with Gasteiger partial charge in [0.15, 0.2) is 5.78 Å². The zero-order valence-electron chi connectivity index (χ0n) is 12.5. The molecule has 0 unspecified atom stereocenters. The molecule has 0 heterocycles. The highest BCUT2D eigenvalue weighted by molar-refractivity contribution is 5.95. The number of rotatable bonds is 6. The molecule has 1 aromatic carbocycles.